The molecule has 0 saturated heterocycles. The van der Waals surface area contributed by atoms with E-state index in [1.807, 2.05) is 18.2 Å². The van der Waals surface area contributed by atoms with Crippen LogP contribution in [-0.2, 0) is 12.3 Å². The molecule has 0 aliphatic carbocycles. The van der Waals surface area contributed by atoms with Gasteiger partial charge in [0, 0.05) is 12.5 Å². The fraction of sp³-hybridized carbons (Fsp3) is 0.400. The van der Waals surface area contributed by atoms with Gasteiger partial charge in [-0.15, -0.1) is 11.6 Å². The topological polar surface area (TPSA) is 29.5 Å². The van der Waals surface area contributed by atoms with Crippen LogP contribution in [0.5, 0.6) is 5.75 Å². The molecule has 2 nitrogen and oxygen atoms in total. The van der Waals surface area contributed by atoms with Crippen LogP contribution in [0.25, 0.3) is 0 Å². The molecule has 1 N–H and O–H groups in total. The molecule has 0 bridgehead atoms. The van der Waals surface area contributed by atoms with Crippen LogP contribution in [0.2, 0.25) is 0 Å². The lowest BCUT2D eigenvalue weighted by molar-refractivity contribution is 0.299. The molecule has 3 heteroatoms. The van der Waals surface area contributed by atoms with Gasteiger partial charge < -0.3 is 9.84 Å². The van der Waals surface area contributed by atoms with E-state index in [9.17, 15) is 0 Å². The SMILES string of the molecule is COc1ccc(CCl)c(CCO)c1. The van der Waals surface area contributed by atoms with Gasteiger partial charge in [0.25, 0.3) is 0 Å². The lowest BCUT2D eigenvalue weighted by Gasteiger charge is -2.07. The molecule has 1 rings (SSSR count). The second-order valence-electron chi connectivity index (χ2n) is 2.74. The highest BCUT2D eigenvalue weighted by molar-refractivity contribution is 6.17. The second-order valence-corrected chi connectivity index (χ2v) is 3.01. The fourth-order valence-electron chi connectivity index (χ4n) is 1.21. The van der Waals surface area contributed by atoms with Crippen LogP contribution in [-0.4, -0.2) is 18.8 Å². The van der Waals surface area contributed by atoms with Gasteiger partial charge >= 0.3 is 0 Å². The molecule has 0 aliphatic rings. The van der Waals surface area contributed by atoms with Gasteiger partial charge in [0.05, 0.1) is 7.11 Å². The number of benzene rings is 1. The number of aliphatic hydroxyl groups excluding tert-OH is 1. The van der Waals surface area contributed by atoms with E-state index in [-0.39, 0.29) is 6.61 Å². The number of halogens is 1. The van der Waals surface area contributed by atoms with Crippen molar-refractivity contribution in [3.63, 3.8) is 0 Å². The Morgan fingerprint density at radius 3 is 2.69 bits per heavy atom. The van der Waals surface area contributed by atoms with Gasteiger partial charge in [0.2, 0.25) is 0 Å². The Bertz CT molecular complexity index is 274. The van der Waals surface area contributed by atoms with Crippen molar-refractivity contribution in [3.05, 3.63) is 29.3 Å². The first kappa shape index (κ1) is 10.4. The van der Waals surface area contributed by atoms with Gasteiger partial charge in [-0.3, -0.25) is 0 Å². The highest BCUT2D eigenvalue weighted by atomic mass is 35.5. The van der Waals surface area contributed by atoms with Crippen LogP contribution in [0, 0.1) is 0 Å². The van der Waals surface area contributed by atoms with Crippen LogP contribution in [0.4, 0.5) is 0 Å². The Morgan fingerprint density at radius 2 is 2.15 bits per heavy atom. The lowest BCUT2D eigenvalue weighted by atomic mass is 10.1. The summed E-state index contributed by atoms with van der Waals surface area (Å²) in [5.74, 6) is 1.27. The lowest BCUT2D eigenvalue weighted by Crippen LogP contribution is -1.96. The zero-order valence-electron chi connectivity index (χ0n) is 7.59. The van der Waals surface area contributed by atoms with E-state index in [0.717, 1.165) is 16.9 Å². The minimum atomic E-state index is 0.136. The molecule has 0 unspecified atom stereocenters. The van der Waals surface area contributed by atoms with Crippen molar-refractivity contribution in [1.29, 1.82) is 0 Å². The number of hydrogen-bond acceptors (Lipinski definition) is 2. The van der Waals surface area contributed by atoms with Gasteiger partial charge in [-0.2, -0.15) is 0 Å². The molecule has 13 heavy (non-hydrogen) atoms. The molecule has 0 saturated carbocycles. The molecular formula is C10H13ClO2. The van der Waals surface area contributed by atoms with Crippen LogP contribution >= 0.6 is 11.6 Å². The molecular weight excluding hydrogens is 188 g/mol. The number of methoxy groups -OCH3 is 1. The summed E-state index contributed by atoms with van der Waals surface area (Å²) in [6.45, 7) is 0.136. The Labute approximate surface area is 83.1 Å². The molecule has 0 aliphatic heterocycles. The molecule has 0 spiro atoms. The monoisotopic (exact) mass is 200 g/mol. The first-order valence-corrected chi connectivity index (χ1v) is 4.68. The van der Waals surface area contributed by atoms with Gasteiger partial charge in [-0.05, 0) is 29.7 Å². The molecule has 1 aromatic carbocycles. The summed E-state index contributed by atoms with van der Waals surface area (Å²) in [4.78, 5) is 0. The van der Waals surface area contributed by atoms with Crippen molar-refractivity contribution in [3.8, 4) is 5.75 Å². The fourth-order valence-corrected chi connectivity index (χ4v) is 1.47. The summed E-state index contributed by atoms with van der Waals surface area (Å²) in [6.07, 6.45) is 0.624. The quantitative estimate of drug-likeness (QED) is 0.754. The van der Waals surface area contributed by atoms with E-state index < -0.39 is 0 Å². The average molecular weight is 201 g/mol. The predicted octanol–water partition coefficient (Wildman–Crippen LogP) is 1.97. The van der Waals surface area contributed by atoms with E-state index in [0.29, 0.717) is 12.3 Å². The minimum Gasteiger partial charge on any atom is -0.497 e. The summed E-state index contributed by atoms with van der Waals surface area (Å²) < 4.78 is 5.08. The Kier molecular flexibility index (Phi) is 4.06. The van der Waals surface area contributed by atoms with E-state index >= 15 is 0 Å². The van der Waals surface area contributed by atoms with E-state index in [1.54, 1.807) is 7.11 Å². The maximum Gasteiger partial charge on any atom is 0.119 e. The molecule has 0 aromatic heterocycles. The highest BCUT2D eigenvalue weighted by Crippen LogP contribution is 2.19. The number of alkyl halides is 1. The molecule has 0 fully saturated rings. The van der Waals surface area contributed by atoms with Gasteiger partial charge in [-0.25, -0.2) is 0 Å². The van der Waals surface area contributed by atoms with Crippen molar-refractivity contribution in [2.75, 3.05) is 13.7 Å². The third kappa shape index (κ3) is 2.61. The summed E-state index contributed by atoms with van der Waals surface area (Å²) >= 11 is 5.74. The summed E-state index contributed by atoms with van der Waals surface area (Å²) in [6, 6.07) is 5.71. The maximum absolute atomic E-state index is 8.82. The second kappa shape index (κ2) is 5.10. The smallest absolute Gasteiger partial charge is 0.119 e. The van der Waals surface area contributed by atoms with E-state index in [4.69, 9.17) is 21.4 Å². The maximum atomic E-state index is 8.82. The van der Waals surface area contributed by atoms with Crippen LogP contribution in [0.1, 0.15) is 11.1 Å². The normalized spacial score (nSPS) is 10.1. The first-order valence-electron chi connectivity index (χ1n) is 4.14. The van der Waals surface area contributed by atoms with Gasteiger partial charge in [-0.1, -0.05) is 6.07 Å². The third-order valence-electron chi connectivity index (χ3n) is 1.94. The largest absolute Gasteiger partial charge is 0.497 e. The Balaban J connectivity index is 2.95. The molecule has 0 atom stereocenters. The number of rotatable bonds is 4. The molecule has 0 radical (unpaired) electrons. The number of aliphatic hydroxyl groups is 1. The zero-order chi connectivity index (χ0) is 9.68. The number of ether oxygens (including phenoxy) is 1. The third-order valence-corrected chi connectivity index (χ3v) is 2.23. The molecule has 72 valence electrons. The Hall–Kier alpha value is -0.730. The van der Waals surface area contributed by atoms with Gasteiger partial charge in [0.15, 0.2) is 0 Å². The van der Waals surface area contributed by atoms with Crippen molar-refractivity contribution in [1.82, 2.24) is 0 Å². The van der Waals surface area contributed by atoms with Crippen molar-refractivity contribution >= 4 is 11.6 Å². The number of hydrogen-bond donors (Lipinski definition) is 1. The van der Waals surface area contributed by atoms with E-state index in [1.165, 1.54) is 0 Å². The van der Waals surface area contributed by atoms with Crippen LogP contribution < -0.4 is 4.74 Å². The predicted molar refractivity (Wildman–Crippen MR) is 53.3 cm³/mol. The average Bonchev–Trinajstić information content (AvgIpc) is 2.18. The van der Waals surface area contributed by atoms with Gasteiger partial charge in [0.1, 0.15) is 5.75 Å². The molecule has 0 amide bonds. The highest BCUT2D eigenvalue weighted by Gasteiger charge is 2.02. The molecule has 1 aromatic rings. The minimum absolute atomic E-state index is 0.136. The summed E-state index contributed by atoms with van der Waals surface area (Å²) in [7, 11) is 1.62. The van der Waals surface area contributed by atoms with Crippen molar-refractivity contribution < 1.29 is 9.84 Å². The van der Waals surface area contributed by atoms with Crippen molar-refractivity contribution in [2.45, 2.75) is 12.3 Å². The zero-order valence-corrected chi connectivity index (χ0v) is 8.34. The van der Waals surface area contributed by atoms with Crippen LogP contribution in [0.15, 0.2) is 18.2 Å². The Morgan fingerprint density at radius 1 is 1.38 bits per heavy atom. The van der Waals surface area contributed by atoms with E-state index in [2.05, 4.69) is 0 Å². The summed E-state index contributed by atoms with van der Waals surface area (Å²) in [5.41, 5.74) is 2.10. The standard InChI is InChI=1S/C10H13ClO2/c1-13-10-3-2-9(7-11)8(6-10)4-5-12/h2-3,6,12H,4-5,7H2,1H3. The van der Waals surface area contributed by atoms with Crippen molar-refractivity contribution in [2.24, 2.45) is 0 Å². The first-order chi connectivity index (χ1) is 6.31. The molecule has 0 heterocycles. The summed E-state index contributed by atoms with van der Waals surface area (Å²) in [5, 5.41) is 8.82. The van der Waals surface area contributed by atoms with Crippen LogP contribution in [0.3, 0.4) is 0 Å².